The van der Waals surface area contributed by atoms with Crippen molar-refractivity contribution in [2.45, 2.75) is 51.5 Å². The van der Waals surface area contributed by atoms with Gasteiger partial charge in [0.25, 0.3) is 0 Å². The summed E-state index contributed by atoms with van der Waals surface area (Å²) in [4.78, 5) is 4.91. The van der Waals surface area contributed by atoms with Crippen molar-refractivity contribution < 1.29 is 12.9 Å². The Kier molecular flexibility index (Phi) is 5.04. The highest BCUT2D eigenvalue weighted by Crippen LogP contribution is 2.38. The number of sulfonamides is 1. The van der Waals surface area contributed by atoms with Crippen LogP contribution in [0.4, 0.5) is 0 Å². The number of hydrogen-bond acceptors (Lipinski definition) is 5. The average molecular weight is 412 g/mol. The molecule has 1 atom stereocenters. The molecule has 29 heavy (non-hydrogen) atoms. The van der Waals surface area contributed by atoms with E-state index in [1.165, 1.54) is 4.31 Å². The lowest BCUT2D eigenvalue weighted by atomic mass is 10.1. The van der Waals surface area contributed by atoms with Crippen LogP contribution in [0.1, 0.15) is 47.0 Å². The van der Waals surface area contributed by atoms with Crippen LogP contribution in [0.5, 0.6) is 0 Å². The normalized spacial score (nSPS) is 17.7. The second kappa shape index (κ2) is 7.39. The molecule has 7 heteroatoms. The third-order valence-electron chi connectivity index (χ3n) is 5.41. The van der Waals surface area contributed by atoms with Crippen molar-refractivity contribution in [1.29, 1.82) is 0 Å². The SMILES string of the molecule is Cc1ccc(-c2noc(C3CCCN3S(=O)(=O)c3c(C)cc(C)cc3C)n2)cc1. The molecule has 1 aliphatic heterocycles. The number of rotatable bonds is 4. The van der Waals surface area contributed by atoms with E-state index in [-0.39, 0.29) is 0 Å². The summed E-state index contributed by atoms with van der Waals surface area (Å²) in [5.41, 5.74) is 4.58. The van der Waals surface area contributed by atoms with Gasteiger partial charge in [-0.3, -0.25) is 0 Å². The molecule has 0 saturated carbocycles. The van der Waals surface area contributed by atoms with E-state index in [2.05, 4.69) is 10.1 Å². The molecule has 1 aromatic heterocycles. The van der Waals surface area contributed by atoms with Gasteiger partial charge in [0.1, 0.15) is 6.04 Å². The van der Waals surface area contributed by atoms with Crippen LogP contribution in [0.15, 0.2) is 45.8 Å². The van der Waals surface area contributed by atoms with Gasteiger partial charge in [-0.05, 0) is 51.7 Å². The molecule has 0 amide bonds. The first-order valence-corrected chi connectivity index (χ1v) is 11.2. The van der Waals surface area contributed by atoms with Crippen LogP contribution < -0.4 is 0 Å². The molecular weight excluding hydrogens is 386 g/mol. The fourth-order valence-corrected chi connectivity index (χ4v) is 6.22. The Morgan fingerprint density at radius 1 is 1.00 bits per heavy atom. The molecule has 2 aromatic carbocycles. The van der Waals surface area contributed by atoms with Gasteiger partial charge in [0.05, 0.1) is 4.90 Å². The molecule has 6 nitrogen and oxygen atoms in total. The summed E-state index contributed by atoms with van der Waals surface area (Å²) in [6.07, 6.45) is 1.43. The van der Waals surface area contributed by atoms with Crippen molar-refractivity contribution in [2.24, 2.45) is 0 Å². The number of aryl methyl sites for hydroxylation is 4. The van der Waals surface area contributed by atoms with Crippen molar-refractivity contribution in [3.63, 3.8) is 0 Å². The Labute approximate surface area is 171 Å². The molecule has 4 rings (SSSR count). The average Bonchev–Trinajstić information content (AvgIpc) is 3.31. The zero-order chi connectivity index (χ0) is 20.8. The molecule has 0 spiro atoms. The fourth-order valence-electron chi connectivity index (χ4n) is 4.16. The summed E-state index contributed by atoms with van der Waals surface area (Å²) in [5.74, 6) is 0.830. The van der Waals surface area contributed by atoms with Crippen molar-refractivity contribution in [2.75, 3.05) is 6.54 Å². The van der Waals surface area contributed by atoms with Gasteiger partial charge in [-0.1, -0.05) is 52.7 Å². The molecule has 0 N–H and O–H groups in total. The summed E-state index contributed by atoms with van der Waals surface area (Å²) in [6.45, 7) is 8.13. The first-order chi connectivity index (χ1) is 13.8. The first-order valence-electron chi connectivity index (χ1n) is 9.77. The summed E-state index contributed by atoms with van der Waals surface area (Å²) in [5, 5.41) is 4.09. The predicted octanol–water partition coefficient (Wildman–Crippen LogP) is 4.50. The predicted molar refractivity (Wildman–Crippen MR) is 111 cm³/mol. The Balaban J connectivity index is 1.69. The first kappa shape index (κ1) is 19.8. The van der Waals surface area contributed by atoms with Gasteiger partial charge in [0, 0.05) is 12.1 Å². The number of benzene rings is 2. The lowest BCUT2D eigenvalue weighted by Crippen LogP contribution is -2.32. The van der Waals surface area contributed by atoms with E-state index in [1.807, 2.05) is 64.1 Å². The van der Waals surface area contributed by atoms with Crippen LogP contribution in [0.3, 0.4) is 0 Å². The minimum absolute atomic E-state index is 0.351. The van der Waals surface area contributed by atoms with Crippen LogP contribution in [-0.2, 0) is 10.0 Å². The van der Waals surface area contributed by atoms with Gasteiger partial charge in [-0.25, -0.2) is 8.42 Å². The van der Waals surface area contributed by atoms with E-state index in [1.54, 1.807) is 0 Å². The van der Waals surface area contributed by atoms with Crippen LogP contribution >= 0.6 is 0 Å². The lowest BCUT2D eigenvalue weighted by Gasteiger charge is -2.23. The zero-order valence-electron chi connectivity index (χ0n) is 17.1. The maximum absolute atomic E-state index is 13.5. The van der Waals surface area contributed by atoms with Crippen LogP contribution in [-0.4, -0.2) is 29.4 Å². The number of nitrogens with zero attached hydrogens (tertiary/aromatic N) is 3. The van der Waals surface area contributed by atoms with E-state index in [9.17, 15) is 8.42 Å². The maximum Gasteiger partial charge on any atom is 0.245 e. The van der Waals surface area contributed by atoms with Gasteiger partial charge in [0.2, 0.25) is 21.7 Å². The molecule has 1 fully saturated rings. The minimum Gasteiger partial charge on any atom is -0.337 e. The highest BCUT2D eigenvalue weighted by atomic mass is 32.2. The fraction of sp³-hybridized carbons (Fsp3) is 0.364. The third kappa shape index (κ3) is 3.60. The van der Waals surface area contributed by atoms with E-state index in [0.29, 0.717) is 29.6 Å². The highest BCUT2D eigenvalue weighted by molar-refractivity contribution is 7.89. The molecule has 2 heterocycles. The van der Waals surface area contributed by atoms with Crippen LogP contribution in [0.25, 0.3) is 11.4 Å². The van der Waals surface area contributed by atoms with Crippen molar-refractivity contribution in [3.8, 4) is 11.4 Å². The molecule has 0 bridgehead atoms. The van der Waals surface area contributed by atoms with Crippen LogP contribution in [0.2, 0.25) is 0 Å². The summed E-state index contributed by atoms with van der Waals surface area (Å²) >= 11 is 0. The van der Waals surface area contributed by atoms with E-state index in [0.717, 1.165) is 34.2 Å². The minimum atomic E-state index is -3.67. The molecule has 3 aromatic rings. The van der Waals surface area contributed by atoms with E-state index >= 15 is 0 Å². The smallest absolute Gasteiger partial charge is 0.245 e. The largest absolute Gasteiger partial charge is 0.337 e. The van der Waals surface area contributed by atoms with Crippen molar-refractivity contribution >= 4 is 10.0 Å². The second-order valence-electron chi connectivity index (χ2n) is 7.82. The molecular formula is C22H25N3O3S. The Morgan fingerprint density at radius 3 is 2.31 bits per heavy atom. The summed E-state index contributed by atoms with van der Waals surface area (Å²) in [7, 11) is -3.67. The Hall–Kier alpha value is -2.51. The molecule has 1 aliphatic rings. The molecule has 0 aliphatic carbocycles. The molecule has 1 saturated heterocycles. The number of hydrogen-bond donors (Lipinski definition) is 0. The number of aromatic nitrogens is 2. The van der Waals surface area contributed by atoms with Crippen molar-refractivity contribution in [3.05, 3.63) is 64.5 Å². The van der Waals surface area contributed by atoms with Gasteiger partial charge >= 0.3 is 0 Å². The quantitative estimate of drug-likeness (QED) is 0.632. The molecule has 0 radical (unpaired) electrons. The lowest BCUT2D eigenvalue weighted by molar-refractivity contribution is 0.290. The Bertz CT molecular complexity index is 1130. The standard InChI is InChI=1S/C22H25N3O3S/c1-14-7-9-18(10-8-14)21-23-22(28-24-21)19-6-5-11-25(19)29(26,27)20-16(3)12-15(2)13-17(20)4/h7-10,12-13,19H,5-6,11H2,1-4H3. The molecule has 152 valence electrons. The maximum atomic E-state index is 13.5. The van der Waals surface area contributed by atoms with Gasteiger partial charge < -0.3 is 4.52 Å². The van der Waals surface area contributed by atoms with E-state index < -0.39 is 16.1 Å². The van der Waals surface area contributed by atoms with Gasteiger partial charge in [0.15, 0.2) is 0 Å². The monoisotopic (exact) mass is 411 g/mol. The second-order valence-corrected chi connectivity index (χ2v) is 9.65. The summed E-state index contributed by atoms with van der Waals surface area (Å²) in [6, 6.07) is 11.2. The zero-order valence-corrected chi connectivity index (χ0v) is 18.0. The van der Waals surface area contributed by atoms with Gasteiger partial charge in [-0.2, -0.15) is 9.29 Å². The summed E-state index contributed by atoms with van der Waals surface area (Å²) < 4.78 is 34.1. The van der Waals surface area contributed by atoms with Gasteiger partial charge in [-0.15, -0.1) is 0 Å². The third-order valence-corrected chi connectivity index (χ3v) is 7.63. The molecule has 1 unspecified atom stereocenters. The van der Waals surface area contributed by atoms with Crippen LogP contribution in [0, 0.1) is 27.7 Å². The Morgan fingerprint density at radius 2 is 1.66 bits per heavy atom. The van der Waals surface area contributed by atoms with E-state index in [4.69, 9.17) is 4.52 Å². The highest BCUT2D eigenvalue weighted by Gasteiger charge is 2.40. The van der Waals surface area contributed by atoms with Crippen molar-refractivity contribution in [1.82, 2.24) is 14.4 Å². The topological polar surface area (TPSA) is 76.3 Å².